The van der Waals surface area contributed by atoms with E-state index in [9.17, 15) is 0 Å². The van der Waals surface area contributed by atoms with Gasteiger partial charge in [-0.1, -0.05) is 0 Å². The highest BCUT2D eigenvalue weighted by Gasteiger charge is 2.11. The van der Waals surface area contributed by atoms with Gasteiger partial charge in [-0.3, -0.25) is 0 Å². The van der Waals surface area contributed by atoms with Gasteiger partial charge in [0.2, 0.25) is 0 Å². The van der Waals surface area contributed by atoms with Crippen molar-refractivity contribution in [3.8, 4) is 0 Å². The molecule has 0 saturated heterocycles. The van der Waals surface area contributed by atoms with Crippen LogP contribution in [0.3, 0.4) is 0 Å². The van der Waals surface area contributed by atoms with Crippen LogP contribution in [0.25, 0.3) is 0 Å². The van der Waals surface area contributed by atoms with Gasteiger partial charge in [0, 0.05) is 0 Å². The van der Waals surface area contributed by atoms with Crippen LogP contribution >= 0.6 is 12.1 Å². The fraction of sp³-hybridized carbons (Fsp3) is 0.667. The molecule has 0 aromatic heterocycles. The zero-order valence-corrected chi connectivity index (χ0v) is 4.70. The van der Waals surface area contributed by atoms with E-state index in [0.717, 1.165) is 5.71 Å². The lowest BCUT2D eigenvalue weighted by Gasteiger charge is -1.95. The Morgan fingerprint density at radius 2 is 2.71 bits per heavy atom. The van der Waals surface area contributed by atoms with E-state index in [4.69, 9.17) is 5.11 Å². The molecule has 2 N–H and O–H groups in total. The lowest BCUT2D eigenvalue weighted by atomic mass is 10.4. The predicted octanol–water partition coefficient (Wildman–Crippen LogP) is -0.0679. The molecule has 40 valence electrons. The topological polar surface area (TPSA) is 44.6 Å². The summed E-state index contributed by atoms with van der Waals surface area (Å²) < 4.78 is 6.43. The first-order valence-electron chi connectivity index (χ1n) is 1.95. The molecular weight excluding hydrogens is 112 g/mol. The van der Waals surface area contributed by atoms with Gasteiger partial charge >= 0.3 is 0 Å². The summed E-state index contributed by atoms with van der Waals surface area (Å²) in [6.07, 6.45) is -0.523. The maximum atomic E-state index is 8.73. The van der Waals surface area contributed by atoms with Gasteiger partial charge in [-0.25, -0.2) is 9.12 Å². The number of nitrogens with one attached hydrogen (secondary N) is 1. The van der Waals surface area contributed by atoms with Crippen LogP contribution in [0, 0.1) is 0 Å². The third-order valence-corrected chi connectivity index (χ3v) is 1.46. The van der Waals surface area contributed by atoms with Gasteiger partial charge in [-0.05, 0) is 6.92 Å². The van der Waals surface area contributed by atoms with Gasteiger partial charge in [0.15, 0.2) is 6.23 Å². The van der Waals surface area contributed by atoms with Gasteiger partial charge in [0.05, 0.1) is 17.8 Å². The number of aliphatic hydroxyl groups is 1. The Kier molecular flexibility index (Phi) is 1.32. The van der Waals surface area contributed by atoms with Gasteiger partial charge in [0.1, 0.15) is 0 Å². The molecule has 0 aromatic rings. The summed E-state index contributed by atoms with van der Waals surface area (Å²) in [7, 11) is 0. The summed E-state index contributed by atoms with van der Waals surface area (Å²) in [5.74, 6) is 0. The van der Waals surface area contributed by atoms with Crippen molar-refractivity contribution in [2.45, 2.75) is 13.2 Å². The van der Waals surface area contributed by atoms with Crippen molar-refractivity contribution in [3.63, 3.8) is 0 Å². The van der Waals surface area contributed by atoms with Crippen molar-refractivity contribution in [2.75, 3.05) is 0 Å². The first kappa shape index (κ1) is 5.08. The van der Waals surface area contributed by atoms with Crippen molar-refractivity contribution in [1.82, 2.24) is 4.72 Å². The highest BCUT2D eigenvalue weighted by molar-refractivity contribution is 7.96. The molecule has 1 rings (SSSR count). The minimum absolute atomic E-state index is 0.523. The minimum Gasteiger partial charge on any atom is -0.372 e. The molecule has 1 atom stereocenters. The van der Waals surface area contributed by atoms with Crippen LogP contribution in [0.5, 0.6) is 0 Å². The highest BCUT2D eigenvalue weighted by Crippen LogP contribution is 2.07. The largest absolute Gasteiger partial charge is 0.372 e. The molecule has 0 aliphatic carbocycles. The van der Waals surface area contributed by atoms with Crippen LogP contribution in [0.1, 0.15) is 6.92 Å². The van der Waals surface area contributed by atoms with Crippen molar-refractivity contribution in [3.05, 3.63) is 0 Å². The second-order valence-corrected chi connectivity index (χ2v) is 1.95. The Hall–Kier alpha value is -0.0600. The average molecular weight is 118 g/mol. The average Bonchev–Trinajstić information content (AvgIpc) is 1.91. The Morgan fingerprint density at radius 1 is 2.00 bits per heavy atom. The van der Waals surface area contributed by atoms with Crippen molar-refractivity contribution in [1.29, 1.82) is 0 Å². The molecule has 0 saturated carbocycles. The summed E-state index contributed by atoms with van der Waals surface area (Å²) in [6.45, 7) is 1.78. The second kappa shape index (κ2) is 1.81. The molecule has 0 bridgehead atoms. The third-order valence-electron chi connectivity index (χ3n) is 0.750. The Labute approximate surface area is 46.1 Å². The van der Waals surface area contributed by atoms with E-state index in [-0.39, 0.29) is 0 Å². The maximum absolute atomic E-state index is 8.73. The van der Waals surface area contributed by atoms with Gasteiger partial charge in [0.25, 0.3) is 0 Å². The molecule has 0 radical (unpaired) electrons. The molecule has 1 aliphatic heterocycles. The Bertz CT molecular complexity index is 103. The first-order chi connectivity index (χ1) is 3.30. The van der Waals surface area contributed by atoms with Crippen LogP contribution in [0.4, 0.5) is 0 Å². The number of hydrogen-bond donors (Lipinski definition) is 2. The molecule has 0 spiro atoms. The summed E-state index contributed by atoms with van der Waals surface area (Å²) in [4.78, 5) is 0. The molecule has 0 amide bonds. The summed E-state index contributed by atoms with van der Waals surface area (Å²) in [5, 5.41) is 8.73. The van der Waals surface area contributed by atoms with Crippen LogP contribution in [0.15, 0.2) is 4.40 Å². The smallest absolute Gasteiger partial charge is 0.154 e. The third kappa shape index (κ3) is 0.933. The van der Waals surface area contributed by atoms with Crippen LogP contribution in [-0.4, -0.2) is 17.0 Å². The summed E-state index contributed by atoms with van der Waals surface area (Å²) in [6, 6.07) is 0. The molecule has 1 heterocycles. The first-order valence-corrected chi connectivity index (χ1v) is 2.72. The van der Waals surface area contributed by atoms with Crippen molar-refractivity contribution in [2.24, 2.45) is 4.40 Å². The minimum atomic E-state index is -0.523. The van der Waals surface area contributed by atoms with Crippen LogP contribution in [-0.2, 0) is 0 Å². The number of hydrogen-bond acceptors (Lipinski definition) is 4. The van der Waals surface area contributed by atoms with Crippen molar-refractivity contribution >= 4 is 17.8 Å². The van der Waals surface area contributed by atoms with E-state index in [1.54, 1.807) is 6.92 Å². The molecule has 1 aliphatic rings. The number of aliphatic hydroxyl groups excluding tert-OH is 1. The Balaban J connectivity index is 2.54. The van der Waals surface area contributed by atoms with Crippen LogP contribution in [0.2, 0.25) is 0 Å². The maximum Gasteiger partial charge on any atom is 0.154 e. The number of nitrogens with zero attached hydrogens (tertiary/aromatic N) is 1. The van der Waals surface area contributed by atoms with E-state index in [2.05, 4.69) is 9.12 Å². The lowest BCUT2D eigenvalue weighted by Crippen LogP contribution is -2.23. The fourth-order valence-electron chi connectivity index (χ4n) is 0.283. The molecule has 3 nitrogen and oxygen atoms in total. The molecule has 1 unspecified atom stereocenters. The van der Waals surface area contributed by atoms with E-state index >= 15 is 0 Å². The zero-order chi connectivity index (χ0) is 5.28. The van der Waals surface area contributed by atoms with Crippen molar-refractivity contribution < 1.29 is 5.11 Å². The molecular formula is C3H6N2OS. The lowest BCUT2D eigenvalue weighted by molar-refractivity contribution is 0.237. The van der Waals surface area contributed by atoms with Crippen LogP contribution < -0.4 is 4.72 Å². The van der Waals surface area contributed by atoms with E-state index in [1.807, 2.05) is 0 Å². The van der Waals surface area contributed by atoms with E-state index in [1.165, 1.54) is 12.1 Å². The number of rotatable bonds is 0. The van der Waals surface area contributed by atoms with Gasteiger partial charge in [-0.15, -0.1) is 0 Å². The molecule has 4 heteroatoms. The second-order valence-electron chi connectivity index (χ2n) is 1.34. The molecule has 7 heavy (non-hydrogen) atoms. The zero-order valence-electron chi connectivity index (χ0n) is 3.88. The van der Waals surface area contributed by atoms with Gasteiger partial charge in [-0.2, -0.15) is 0 Å². The quantitative estimate of drug-likeness (QED) is 0.438. The molecule has 0 fully saturated rings. The van der Waals surface area contributed by atoms with E-state index < -0.39 is 6.23 Å². The summed E-state index contributed by atoms with van der Waals surface area (Å²) >= 11 is 1.18. The SMILES string of the molecule is CC1=NSNC1O. The predicted molar refractivity (Wildman–Crippen MR) is 29.8 cm³/mol. The molecule has 0 aromatic carbocycles. The van der Waals surface area contributed by atoms with Gasteiger partial charge < -0.3 is 5.11 Å². The standard InChI is InChI=1S/C3H6N2OS/c1-2-3(6)5-7-4-2/h3,5-6H,1H3. The Morgan fingerprint density at radius 3 is 2.86 bits per heavy atom. The fourth-order valence-corrected chi connectivity index (χ4v) is 0.850. The monoisotopic (exact) mass is 118 g/mol. The normalized spacial score (nSPS) is 30.6. The summed E-state index contributed by atoms with van der Waals surface area (Å²) in [5.41, 5.74) is 0.741. The van der Waals surface area contributed by atoms with E-state index in [0.29, 0.717) is 0 Å². The highest BCUT2D eigenvalue weighted by atomic mass is 32.2.